The van der Waals surface area contributed by atoms with Crippen molar-refractivity contribution in [1.82, 2.24) is 25.1 Å². The van der Waals surface area contributed by atoms with Gasteiger partial charge in [0, 0.05) is 18.5 Å². The number of hydrogen-bond acceptors (Lipinski definition) is 5. The molecule has 1 aliphatic heterocycles. The van der Waals surface area contributed by atoms with Crippen LogP contribution in [0.1, 0.15) is 48.0 Å². The van der Waals surface area contributed by atoms with Crippen molar-refractivity contribution in [3.05, 3.63) is 54.1 Å². The number of nitrogens with zero attached hydrogens (tertiary/aromatic N) is 4. The van der Waals surface area contributed by atoms with Gasteiger partial charge in [-0.05, 0) is 12.8 Å². The van der Waals surface area contributed by atoms with Crippen molar-refractivity contribution < 1.29 is 9.21 Å². The normalized spacial score (nSPS) is 16.4. The van der Waals surface area contributed by atoms with E-state index < -0.39 is 0 Å². The first kappa shape index (κ1) is 15.6. The lowest BCUT2D eigenvalue weighted by atomic mass is 10.1. The number of aromatic nitrogens is 4. The summed E-state index contributed by atoms with van der Waals surface area (Å²) in [5.41, 5.74) is 1.39. The molecule has 7 nitrogen and oxygen atoms in total. The van der Waals surface area contributed by atoms with Gasteiger partial charge in [-0.1, -0.05) is 37.3 Å². The second kappa shape index (κ2) is 6.51. The zero-order valence-electron chi connectivity index (χ0n) is 14.0. The van der Waals surface area contributed by atoms with Gasteiger partial charge in [-0.15, -0.1) is 0 Å². The van der Waals surface area contributed by atoms with E-state index in [1.165, 1.54) is 6.39 Å². The van der Waals surface area contributed by atoms with E-state index in [-0.39, 0.29) is 17.7 Å². The molecule has 0 saturated carbocycles. The molecular formula is C18H19N5O2. The van der Waals surface area contributed by atoms with Crippen LogP contribution in [0, 0.1) is 0 Å². The summed E-state index contributed by atoms with van der Waals surface area (Å²) in [5, 5.41) is 7.50. The van der Waals surface area contributed by atoms with E-state index in [9.17, 15) is 4.79 Å². The number of carbonyl (C=O) groups excluding carboxylic acids is 1. The van der Waals surface area contributed by atoms with Crippen molar-refractivity contribution in [2.24, 2.45) is 0 Å². The highest BCUT2D eigenvalue weighted by molar-refractivity contribution is 5.97. The predicted molar refractivity (Wildman–Crippen MR) is 90.8 cm³/mol. The van der Waals surface area contributed by atoms with Gasteiger partial charge in [-0.25, -0.2) is 14.6 Å². The number of fused-ring (bicyclic) bond motifs is 1. The number of nitrogens with one attached hydrogen (secondary N) is 1. The Kier molecular flexibility index (Phi) is 4.05. The van der Waals surface area contributed by atoms with Gasteiger partial charge in [0.05, 0.1) is 6.04 Å². The summed E-state index contributed by atoms with van der Waals surface area (Å²) in [6, 6.07) is 9.37. The summed E-state index contributed by atoms with van der Waals surface area (Å²) < 4.78 is 7.27. The van der Waals surface area contributed by atoms with Gasteiger partial charge in [0.1, 0.15) is 11.5 Å². The molecule has 1 aromatic carbocycles. The first-order valence-electron chi connectivity index (χ1n) is 8.49. The maximum Gasteiger partial charge on any atom is 0.289 e. The van der Waals surface area contributed by atoms with E-state index in [2.05, 4.69) is 20.4 Å². The molecule has 0 spiro atoms. The van der Waals surface area contributed by atoms with E-state index in [1.54, 1.807) is 0 Å². The van der Waals surface area contributed by atoms with Crippen LogP contribution in [0.25, 0.3) is 11.3 Å². The summed E-state index contributed by atoms with van der Waals surface area (Å²) in [6.07, 6.45) is 3.87. The second-order valence-electron chi connectivity index (χ2n) is 6.03. The van der Waals surface area contributed by atoms with Crippen molar-refractivity contribution in [3.8, 4) is 11.3 Å². The molecule has 1 aliphatic rings. The Morgan fingerprint density at radius 3 is 3.00 bits per heavy atom. The summed E-state index contributed by atoms with van der Waals surface area (Å²) in [6.45, 7) is 2.86. The summed E-state index contributed by atoms with van der Waals surface area (Å²) in [7, 11) is 0. The fourth-order valence-corrected chi connectivity index (χ4v) is 3.12. The Hall–Kier alpha value is -2.96. The Bertz CT molecular complexity index is 884. The van der Waals surface area contributed by atoms with Crippen LogP contribution < -0.4 is 5.32 Å². The maximum absolute atomic E-state index is 12.8. The van der Waals surface area contributed by atoms with Crippen LogP contribution in [0.5, 0.6) is 0 Å². The molecule has 0 bridgehead atoms. The third-order valence-corrected chi connectivity index (χ3v) is 4.36. The molecule has 1 atom stereocenters. The number of benzene rings is 1. The molecule has 0 saturated heterocycles. The van der Waals surface area contributed by atoms with Gasteiger partial charge >= 0.3 is 0 Å². The molecule has 1 amide bonds. The van der Waals surface area contributed by atoms with Crippen LogP contribution >= 0.6 is 0 Å². The van der Waals surface area contributed by atoms with Crippen molar-refractivity contribution >= 4 is 5.91 Å². The highest BCUT2D eigenvalue weighted by Crippen LogP contribution is 2.26. The van der Waals surface area contributed by atoms with Crippen molar-refractivity contribution in [3.63, 3.8) is 0 Å². The van der Waals surface area contributed by atoms with Crippen molar-refractivity contribution in [1.29, 1.82) is 0 Å². The third-order valence-electron chi connectivity index (χ3n) is 4.36. The Balaban J connectivity index is 1.58. The molecular weight excluding hydrogens is 318 g/mol. The molecule has 4 rings (SSSR count). The minimum absolute atomic E-state index is 0.164. The molecule has 7 heteroatoms. The average molecular weight is 337 g/mol. The van der Waals surface area contributed by atoms with Crippen LogP contribution in [-0.2, 0) is 13.0 Å². The summed E-state index contributed by atoms with van der Waals surface area (Å²) in [4.78, 5) is 21.5. The zero-order valence-corrected chi connectivity index (χ0v) is 14.0. The highest BCUT2D eigenvalue weighted by atomic mass is 16.3. The van der Waals surface area contributed by atoms with Gasteiger partial charge in [-0.3, -0.25) is 4.79 Å². The van der Waals surface area contributed by atoms with Gasteiger partial charge in [0.25, 0.3) is 5.91 Å². The van der Waals surface area contributed by atoms with Crippen LogP contribution in [0.3, 0.4) is 0 Å². The number of carbonyl (C=O) groups is 1. The Labute approximate surface area is 145 Å². The number of hydrogen-bond donors (Lipinski definition) is 1. The van der Waals surface area contributed by atoms with Crippen LogP contribution in [0.2, 0.25) is 0 Å². The average Bonchev–Trinajstić information content (AvgIpc) is 3.29. The Morgan fingerprint density at radius 2 is 2.20 bits per heavy atom. The lowest BCUT2D eigenvalue weighted by Gasteiger charge is -2.22. The van der Waals surface area contributed by atoms with Gasteiger partial charge in [0.2, 0.25) is 5.76 Å². The van der Waals surface area contributed by atoms with Crippen molar-refractivity contribution in [2.75, 3.05) is 0 Å². The highest BCUT2D eigenvalue weighted by Gasteiger charge is 2.28. The monoisotopic (exact) mass is 337 g/mol. The van der Waals surface area contributed by atoms with Crippen LogP contribution in [0.15, 0.2) is 41.1 Å². The topological polar surface area (TPSA) is 85.8 Å². The molecule has 0 aliphatic carbocycles. The zero-order chi connectivity index (χ0) is 17.2. The van der Waals surface area contributed by atoms with Gasteiger partial charge < -0.3 is 9.73 Å². The second-order valence-corrected chi connectivity index (χ2v) is 6.03. The quantitative estimate of drug-likeness (QED) is 0.791. The minimum Gasteiger partial charge on any atom is -0.438 e. The molecule has 3 heterocycles. The third kappa shape index (κ3) is 2.93. The van der Waals surface area contributed by atoms with E-state index in [0.717, 1.165) is 43.0 Å². The lowest BCUT2D eigenvalue weighted by Crippen LogP contribution is -2.33. The van der Waals surface area contributed by atoms with Gasteiger partial charge in [0.15, 0.2) is 12.2 Å². The molecule has 2 aromatic heterocycles. The number of rotatable bonds is 4. The predicted octanol–water partition coefficient (Wildman–Crippen LogP) is 2.76. The van der Waals surface area contributed by atoms with Crippen LogP contribution in [0.4, 0.5) is 0 Å². The van der Waals surface area contributed by atoms with E-state index in [1.807, 2.05) is 41.9 Å². The first-order valence-corrected chi connectivity index (χ1v) is 8.49. The van der Waals surface area contributed by atoms with Crippen molar-refractivity contribution in [2.45, 2.75) is 38.8 Å². The molecule has 0 radical (unpaired) electrons. The van der Waals surface area contributed by atoms with Gasteiger partial charge in [-0.2, -0.15) is 5.10 Å². The molecule has 128 valence electrons. The number of aryl methyl sites for hydroxylation is 2. The van der Waals surface area contributed by atoms with E-state index >= 15 is 0 Å². The Morgan fingerprint density at radius 1 is 1.36 bits per heavy atom. The fourth-order valence-electron chi connectivity index (χ4n) is 3.12. The molecule has 1 N–H and O–H groups in total. The first-order chi connectivity index (χ1) is 12.3. The van der Waals surface area contributed by atoms with E-state index in [4.69, 9.17) is 4.42 Å². The largest absolute Gasteiger partial charge is 0.438 e. The van der Waals surface area contributed by atoms with Crippen LogP contribution in [-0.4, -0.2) is 25.7 Å². The summed E-state index contributed by atoms with van der Waals surface area (Å²) >= 11 is 0. The van der Waals surface area contributed by atoms with E-state index in [0.29, 0.717) is 5.69 Å². The fraction of sp³-hybridized carbons (Fsp3) is 0.333. The maximum atomic E-state index is 12.8. The number of amides is 1. The summed E-state index contributed by atoms with van der Waals surface area (Å²) in [5.74, 6) is 1.56. The standard InChI is InChI=1S/C18H19N5O2/c1-2-14-21-17-13(9-6-10-23(17)22-14)20-18(24)16-15(19-11-25-16)12-7-4-3-5-8-12/h3-5,7-8,11,13H,2,6,9-10H2,1H3,(H,20,24)/t13-/m0/s1. The molecule has 0 unspecified atom stereocenters. The molecule has 0 fully saturated rings. The smallest absolute Gasteiger partial charge is 0.289 e. The number of oxazole rings is 1. The lowest BCUT2D eigenvalue weighted by molar-refractivity contribution is 0.0900. The molecule has 3 aromatic rings. The SMILES string of the molecule is CCc1nc2n(n1)CCC[C@@H]2NC(=O)c1ocnc1-c1ccccc1. The molecule has 25 heavy (non-hydrogen) atoms. The minimum atomic E-state index is -0.282.